The zero-order chi connectivity index (χ0) is 17.4. The highest BCUT2D eigenvalue weighted by Crippen LogP contribution is 2.33. The van der Waals surface area contributed by atoms with Gasteiger partial charge in [0.2, 0.25) is 0 Å². The van der Waals surface area contributed by atoms with Crippen LogP contribution >= 0.6 is 0 Å². The first-order chi connectivity index (χ1) is 12.1. The van der Waals surface area contributed by atoms with E-state index in [4.69, 9.17) is 0 Å². The smallest absolute Gasteiger partial charge is 0.323 e. The van der Waals surface area contributed by atoms with Crippen molar-refractivity contribution in [1.29, 1.82) is 0 Å². The molecule has 0 saturated carbocycles. The zero-order valence-electron chi connectivity index (χ0n) is 14.2. The maximum atomic E-state index is 12.3. The molecule has 124 valence electrons. The van der Waals surface area contributed by atoms with Gasteiger partial charge >= 0.3 is 6.03 Å². The predicted molar refractivity (Wildman–Crippen MR) is 104 cm³/mol. The van der Waals surface area contributed by atoms with Crippen LogP contribution in [0.2, 0.25) is 0 Å². The van der Waals surface area contributed by atoms with Gasteiger partial charge in [0.25, 0.3) is 0 Å². The predicted octanol–water partition coefficient (Wildman–Crippen LogP) is 5.58. The summed E-state index contributed by atoms with van der Waals surface area (Å²) in [7, 11) is 0. The molecule has 4 rings (SSSR count). The molecule has 4 heteroatoms. The summed E-state index contributed by atoms with van der Waals surface area (Å²) in [5.74, 6) is 0. The van der Waals surface area contributed by atoms with Crippen LogP contribution in [0.5, 0.6) is 0 Å². The standard InChI is InChI=1S/C21H19N3O/c1-13-11-12-14(2)19-18(13)16-9-6-10-17(20(16)24-19)23-21(25)22-15-7-4-3-5-8-15/h3-12,24H,1-2H3,(H2,22,23,25). The Labute approximate surface area is 145 Å². The minimum Gasteiger partial charge on any atom is -0.353 e. The van der Waals surface area contributed by atoms with Crippen LogP contribution in [-0.2, 0) is 0 Å². The number of carbonyl (C=O) groups excluding carboxylic acids is 1. The SMILES string of the molecule is Cc1ccc(C)c2c1[nH]c1c(NC(=O)Nc3ccccc3)cccc12. The number of benzene rings is 3. The average Bonchev–Trinajstić information content (AvgIpc) is 3.01. The van der Waals surface area contributed by atoms with Crippen molar-refractivity contribution in [3.05, 3.63) is 71.8 Å². The van der Waals surface area contributed by atoms with Crippen LogP contribution in [0, 0.1) is 13.8 Å². The number of hydrogen-bond donors (Lipinski definition) is 3. The van der Waals surface area contributed by atoms with Crippen molar-refractivity contribution in [2.45, 2.75) is 13.8 Å². The molecule has 25 heavy (non-hydrogen) atoms. The fourth-order valence-electron chi connectivity index (χ4n) is 3.25. The third kappa shape index (κ3) is 2.72. The van der Waals surface area contributed by atoms with E-state index in [-0.39, 0.29) is 6.03 Å². The maximum absolute atomic E-state index is 12.3. The molecule has 0 radical (unpaired) electrons. The van der Waals surface area contributed by atoms with Crippen molar-refractivity contribution >= 4 is 39.2 Å². The molecule has 4 nitrogen and oxygen atoms in total. The second-order valence-corrected chi connectivity index (χ2v) is 6.25. The van der Waals surface area contributed by atoms with Gasteiger partial charge in [-0.15, -0.1) is 0 Å². The van der Waals surface area contributed by atoms with Crippen molar-refractivity contribution < 1.29 is 4.79 Å². The van der Waals surface area contributed by atoms with Crippen molar-refractivity contribution in [3.8, 4) is 0 Å². The summed E-state index contributed by atoms with van der Waals surface area (Å²) < 4.78 is 0. The summed E-state index contributed by atoms with van der Waals surface area (Å²) >= 11 is 0. The molecule has 0 unspecified atom stereocenters. The van der Waals surface area contributed by atoms with E-state index in [1.54, 1.807) is 0 Å². The van der Waals surface area contributed by atoms with Gasteiger partial charge in [-0.2, -0.15) is 0 Å². The number of aromatic amines is 1. The minimum absolute atomic E-state index is 0.259. The molecular formula is C21H19N3O. The largest absolute Gasteiger partial charge is 0.353 e. The van der Waals surface area contributed by atoms with E-state index in [0.717, 1.165) is 27.8 Å². The highest BCUT2D eigenvalue weighted by Gasteiger charge is 2.13. The lowest BCUT2D eigenvalue weighted by Crippen LogP contribution is -2.19. The summed E-state index contributed by atoms with van der Waals surface area (Å²) in [6.07, 6.45) is 0. The van der Waals surface area contributed by atoms with Crippen molar-refractivity contribution in [1.82, 2.24) is 4.98 Å². The monoisotopic (exact) mass is 329 g/mol. The summed E-state index contributed by atoms with van der Waals surface area (Å²) in [6.45, 7) is 4.20. The first-order valence-electron chi connectivity index (χ1n) is 8.27. The highest BCUT2D eigenvalue weighted by atomic mass is 16.2. The lowest BCUT2D eigenvalue weighted by atomic mass is 10.0. The molecule has 1 aromatic heterocycles. The van der Waals surface area contributed by atoms with E-state index in [1.165, 1.54) is 16.5 Å². The summed E-state index contributed by atoms with van der Waals surface area (Å²) in [5.41, 5.74) is 6.00. The van der Waals surface area contributed by atoms with Crippen molar-refractivity contribution in [2.24, 2.45) is 0 Å². The number of anilines is 2. The number of para-hydroxylation sites is 2. The molecule has 0 aliphatic heterocycles. The minimum atomic E-state index is -0.259. The third-order valence-electron chi connectivity index (χ3n) is 4.49. The maximum Gasteiger partial charge on any atom is 0.323 e. The Kier molecular flexibility index (Phi) is 3.65. The number of hydrogen-bond acceptors (Lipinski definition) is 1. The quantitative estimate of drug-likeness (QED) is 0.441. The van der Waals surface area contributed by atoms with Crippen LogP contribution in [0.4, 0.5) is 16.2 Å². The third-order valence-corrected chi connectivity index (χ3v) is 4.49. The molecule has 0 bridgehead atoms. The van der Waals surface area contributed by atoms with Crippen molar-refractivity contribution in [3.63, 3.8) is 0 Å². The Hall–Kier alpha value is -3.27. The highest BCUT2D eigenvalue weighted by molar-refractivity contribution is 6.15. The molecule has 0 aliphatic rings. The van der Waals surface area contributed by atoms with E-state index in [1.807, 2.05) is 42.5 Å². The number of nitrogens with one attached hydrogen (secondary N) is 3. The van der Waals surface area contributed by atoms with Crippen LogP contribution in [0.25, 0.3) is 21.8 Å². The van der Waals surface area contributed by atoms with Gasteiger partial charge in [-0.05, 0) is 43.2 Å². The topological polar surface area (TPSA) is 56.9 Å². The number of carbonyl (C=O) groups is 1. The Morgan fingerprint density at radius 2 is 1.56 bits per heavy atom. The molecule has 0 spiro atoms. The van der Waals surface area contributed by atoms with Gasteiger partial charge in [-0.1, -0.05) is 42.5 Å². The molecule has 0 fully saturated rings. The van der Waals surface area contributed by atoms with Crippen LogP contribution in [-0.4, -0.2) is 11.0 Å². The molecular weight excluding hydrogens is 310 g/mol. The van der Waals surface area contributed by atoms with E-state index in [9.17, 15) is 4.79 Å². The lowest BCUT2D eigenvalue weighted by Gasteiger charge is -2.08. The first kappa shape index (κ1) is 15.3. The van der Waals surface area contributed by atoms with Crippen LogP contribution in [0.3, 0.4) is 0 Å². The van der Waals surface area contributed by atoms with E-state index in [0.29, 0.717) is 0 Å². The van der Waals surface area contributed by atoms with E-state index >= 15 is 0 Å². The average molecular weight is 329 g/mol. The summed E-state index contributed by atoms with van der Waals surface area (Å²) in [5, 5.41) is 8.13. The molecule has 4 aromatic rings. The Morgan fingerprint density at radius 1 is 0.800 bits per heavy atom. The van der Waals surface area contributed by atoms with Gasteiger partial charge < -0.3 is 15.6 Å². The van der Waals surface area contributed by atoms with Gasteiger partial charge in [0, 0.05) is 22.0 Å². The number of aromatic nitrogens is 1. The number of H-pyrrole nitrogens is 1. The molecule has 3 N–H and O–H groups in total. The van der Waals surface area contributed by atoms with Gasteiger partial charge in [0.15, 0.2) is 0 Å². The number of aryl methyl sites for hydroxylation is 2. The summed E-state index contributed by atoms with van der Waals surface area (Å²) in [6, 6.07) is 19.4. The zero-order valence-corrected chi connectivity index (χ0v) is 14.2. The van der Waals surface area contributed by atoms with Crippen molar-refractivity contribution in [2.75, 3.05) is 10.6 Å². The van der Waals surface area contributed by atoms with E-state index < -0.39 is 0 Å². The first-order valence-corrected chi connectivity index (χ1v) is 8.27. The fraction of sp³-hybridized carbons (Fsp3) is 0.0952. The molecule has 1 heterocycles. The molecule has 0 aliphatic carbocycles. The molecule has 0 saturated heterocycles. The number of rotatable bonds is 2. The number of amides is 2. The van der Waals surface area contributed by atoms with Crippen LogP contribution < -0.4 is 10.6 Å². The normalized spacial score (nSPS) is 11.0. The van der Waals surface area contributed by atoms with Crippen LogP contribution in [0.1, 0.15) is 11.1 Å². The Morgan fingerprint density at radius 3 is 2.36 bits per heavy atom. The second kappa shape index (κ2) is 5.98. The lowest BCUT2D eigenvalue weighted by molar-refractivity contribution is 0.262. The van der Waals surface area contributed by atoms with E-state index in [2.05, 4.69) is 47.7 Å². The molecule has 3 aromatic carbocycles. The van der Waals surface area contributed by atoms with Gasteiger partial charge in [-0.25, -0.2) is 4.79 Å². The van der Waals surface area contributed by atoms with Gasteiger partial charge in [0.1, 0.15) is 0 Å². The molecule has 0 atom stereocenters. The Balaban J connectivity index is 1.74. The fourth-order valence-corrected chi connectivity index (χ4v) is 3.25. The number of urea groups is 1. The second-order valence-electron chi connectivity index (χ2n) is 6.25. The Bertz CT molecular complexity index is 1080. The van der Waals surface area contributed by atoms with Gasteiger partial charge in [-0.3, -0.25) is 0 Å². The number of fused-ring (bicyclic) bond motifs is 3. The van der Waals surface area contributed by atoms with Gasteiger partial charge in [0.05, 0.1) is 11.2 Å². The molecule has 2 amide bonds. The van der Waals surface area contributed by atoms with Crippen LogP contribution in [0.15, 0.2) is 60.7 Å². The summed E-state index contributed by atoms with van der Waals surface area (Å²) in [4.78, 5) is 15.8.